The minimum Gasteiger partial charge on any atom is -1.00 e. The van der Waals surface area contributed by atoms with Gasteiger partial charge in [-0.15, -0.1) is 0 Å². The minimum atomic E-state index is -1.75. The van der Waals surface area contributed by atoms with Gasteiger partial charge >= 0.3 is 59.1 Å². The molecule has 0 radical (unpaired) electrons. The van der Waals surface area contributed by atoms with Gasteiger partial charge in [-0.3, -0.25) is 0 Å². The molecule has 0 aliphatic rings. The summed E-state index contributed by atoms with van der Waals surface area (Å²) in [5.41, 5.74) is 0. The Bertz CT molecular complexity index is 35.9. The summed E-state index contributed by atoms with van der Waals surface area (Å²) in [6.07, 6.45) is 0. The van der Waals surface area contributed by atoms with Crippen LogP contribution in [-0.4, -0.2) is 5.09 Å². The topological polar surface area (TPSA) is 66.2 Å². The normalized spacial score (nSPS) is 3.43. The maximum absolute atomic E-state index is 8.25. The first kappa shape index (κ1) is 24.2. The minimum absolute atomic E-state index is 0. The van der Waals surface area contributed by atoms with Gasteiger partial charge < -0.3 is 20.0 Å². The summed E-state index contributed by atoms with van der Waals surface area (Å²) < 4.78 is 0. The summed E-state index contributed by atoms with van der Waals surface area (Å²) in [5.74, 6) is 0. The number of hydrogen-bond acceptors (Lipinski definition) is 3. The van der Waals surface area contributed by atoms with Crippen LogP contribution < -0.4 is 63.8 Å². The van der Waals surface area contributed by atoms with Crippen molar-refractivity contribution in [3.8, 4) is 0 Å². The van der Waals surface area contributed by atoms with Gasteiger partial charge in [0.25, 0.3) is 0 Å². The first-order valence-electron chi connectivity index (χ1n) is 0.548. The van der Waals surface area contributed by atoms with Crippen LogP contribution in [0.5, 0.6) is 0 Å². The van der Waals surface area contributed by atoms with Crippen LogP contribution >= 0.6 is 0 Å². The van der Waals surface area contributed by atoms with Crippen molar-refractivity contribution in [2.75, 3.05) is 0 Å². The molecule has 7 heteroatoms. The van der Waals surface area contributed by atoms with Crippen molar-refractivity contribution >= 4 is 0 Å². The summed E-state index contributed by atoms with van der Waals surface area (Å²) in [5, 5.41) is 14.8. The van der Waals surface area contributed by atoms with Gasteiger partial charge in [0.1, 0.15) is 0 Å². The van der Waals surface area contributed by atoms with Crippen LogP contribution in [-0.2, 0) is 0 Å². The molecular weight excluding hydrogens is 127 g/mol. The monoisotopic (exact) mass is 127 g/mol. The van der Waals surface area contributed by atoms with Gasteiger partial charge in [0, 0.05) is 0 Å². The second-order valence-electron chi connectivity index (χ2n) is 0.224. The summed E-state index contributed by atoms with van der Waals surface area (Å²) >= 11 is 0. The Morgan fingerprint density at radius 2 is 1.14 bits per heavy atom. The SMILES string of the molecule is O=[N+]([O-])[O-].[F-].[Na+].[Na+]. The Morgan fingerprint density at radius 1 is 1.14 bits per heavy atom. The Hall–Kier alpha value is 1.13. The first-order valence-corrected chi connectivity index (χ1v) is 0.548. The largest absolute Gasteiger partial charge is 1.00 e. The smallest absolute Gasteiger partial charge is 1.00 e. The molecule has 0 aromatic rings. The van der Waals surface area contributed by atoms with E-state index in [1.54, 1.807) is 0 Å². The average molecular weight is 127 g/mol. The van der Waals surface area contributed by atoms with Crippen LogP contribution in [0.4, 0.5) is 0 Å². The van der Waals surface area contributed by atoms with E-state index in [-0.39, 0.29) is 63.8 Å². The van der Waals surface area contributed by atoms with Gasteiger partial charge in [-0.25, -0.2) is 0 Å². The van der Waals surface area contributed by atoms with E-state index in [2.05, 4.69) is 0 Å². The maximum Gasteiger partial charge on any atom is 1.00 e. The van der Waals surface area contributed by atoms with Gasteiger partial charge in [0.05, 0.1) is 5.09 Å². The van der Waals surface area contributed by atoms with Crippen LogP contribution in [0, 0.1) is 15.3 Å². The molecule has 0 heterocycles. The number of hydrogen-bond donors (Lipinski definition) is 0. The second kappa shape index (κ2) is 15.7. The molecule has 0 aromatic heterocycles. The van der Waals surface area contributed by atoms with Crippen molar-refractivity contribution in [1.29, 1.82) is 0 Å². The summed E-state index contributed by atoms with van der Waals surface area (Å²) in [7, 11) is 0. The summed E-state index contributed by atoms with van der Waals surface area (Å²) in [6.45, 7) is 0. The van der Waals surface area contributed by atoms with E-state index in [0.717, 1.165) is 0 Å². The number of halogens is 1. The standard InChI is InChI=1S/FH.NO3.2Na/c;2-1(3)4;;/h1H;;;/q;-1;2*+1/p-1. The molecule has 0 spiro atoms. The van der Waals surface area contributed by atoms with Gasteiger partial charge in [-0.1, -0.05) is 0 Å². The van der Waals surface area contributed by atoms with Gasteiger partial charge in [0.15, 0.2) is 0 Å². The third-order valence-corrected chi connectivity index (χ3v) is 0. The number of nitrogens with zero attached hydrogens (tertiary/aromatic N) is 1. The van der Waals surface area contributed by atoms with Crippen molar-refractivity contribution in [1.82, 2.24) is 0 Å². The Morgan fingerprint density at radius 3 is 1.14 bits per heavy atom. The number of rotatable bonds is 0. The van der Waals surface area contributed by atoms with E-state index in [1.165, 1.54) is 0 Å². The third-order valence-electron chi connectivity index (χ3n) is 0. The van der Waals surface area contributed by atoms with Crippen LogP contribution in [0.3, 0.4) is 0 Å². The molecule has 0 rings (SSSR count). The molecule has 0 fully saturated rings. The Labute approximate surface area is 83.3 Å². The predicted octanol–water partition coefficient (Wildman–Crippen LogP) is -9.23. The van der Waals surface area contributed by atoms with E-state index in [9.17, 15) is 0 Å². The molecule has 0 bridgehead atoms. The molecule has 0 aromatic carbocycles. The first-order chi connectivity index (χ1) is 1.73. The van der Waals surface area contributed by atoms with E-state index >= 15 is 0 Å². The average Bonchev–Trinajstić information content (AvgIpc) is 0.811. The zero-order valence-electron chi connectivity index (χ0n) is 4.05. The molecule has 0 unspecified atom stereocenters. The van der Waals surface area contributed by atoms with Gasteiger partial charge in [-0.05, 0) is 0 Å². The molecule has 7 heavy (non-hydrogen) atoms. The fraction of sp³-hybridized carbons (Fsp3) is 0. The Kier molecular flexibility index (Phi) is 54.4. The zero-order valence-corrected chi connectivity index (χ0v) is 8.05. The van der Waals surface area contributed by atoms with Gasteiger partial charge in [-0.2, -0.15) is 0 Å². The van der Waals surface area contributed by atoms with E-state index in [1.807, 2.05) is 0 Å². The van der Waals surface area contributed by atoms with Gasteiger partial charge in [0.2, 0.25) is 0 Å². The zero-order chi connectivity index (χ0) is 3.58. The molecule has 32 valence electrons. The molecule has 0 aliphatic heterocycles. The van der Waals surface area contributed by atoms with E-state index < -0.39 is 5.09 Å². The fourth-order valence-electron chi connectivity index (χ4n) is 0. The van der Waals surface area contributed by atoms with Crippen molar-refractivity contribution in [2.24, 2.45) is 0 Å². The molecule has 0 atom stereocenters. The molecule has 0 amide bonds. The second-order valence-corrected chi connectivity index (χ2v) is 0.224. The van der Waals surface area contributed by atoms with E-state index in [4.69, 9.17) is 15.3 Å². The van der Waals surface area contributed by atoms with Crippen molar-refractivity contribution in [3.05, 3.63) is 15.3 Å². The molecule has 4 nitrogen and oxygen atoms in total. The fourth-order valence-corrected chi connectivity index (χ4v) is 0. The molecule has 0 N–H and O–H groups in total. The van der Waals surface area contributed by atoms with Crippen LogP contribution in [0.25, 0.3) is 0 Å². The van der Waals surface area contributed by atoms with Crippen LogP contribution in [0.15, 0.2) is 0 Å². The van der Waals surface area contributed by atoms with Crippen LogP contribution in [0.1, 0.15) is 0 Å². The predicted molar refractivity (Wildman–Crippen MR) is 10.4 cm³/mol. The summed E-state index contributed by atoms with van der Waals surface area (Å²) in [4.78, 5) is 8.25. The summed E-state index contributed by atoms with van der Waals surface area (Å²) in [6, 6.07) is 0. The van der Waals surface area contributed by atoms with Crippen molar-refractivity contribution in [3.63, 3.8) is 0 Å². The van der Waals surface area contributed by atoms with Crippen molar-refractivity contribution in [2.45, 2.75) is 0 Å². The molecule has 0 saturated carbocycles. The van der Waals surface area contributed by atoms with Crippen molar-refractivity contribution < 1.29 is 68.9 Å². The van der Waals surface area contributed by atoms with Crippen LogP contribution in [0.2, 0.25) is 0 Å². The molecular formula is FNNa2O3. The molecule has 0 saturated heterocycles. The Balaban J connectivity index is -0.0000000150. The van der Waals surface area contributed by atoms with E-state index in [0.29, 0.717) is 0 Å². The third kappa shape index (κ3) is 147. The molecule has 0 aliphatic carbocycles. The quantitative estimate of drug-likeness (QED) is 0.184. The maximum atomic E-state index is 8.25.